The van der Waals surface area contributed by atoms with Crippen LogP contribution in [0.5, 0.6) is 0 Å². The summed E-state index contributed by atoms with van der Waals surface area (Å²) in [7, 11) is 0. The summed E-state index contributed by atoms with van der Waals surface area (Å²) in [6.45, 7) is 6.09. The monoisotopic (exact) mass is 308 g/mol. The molecule has 2 aliphatic heterocycles. The third-order valence-corrected chi connectivity index (χ3v) is 5.10. The van der Waals surface area contributed by atoms with Crippen molar-refractivity contribution in [3.63, 3.8) is 0 Å². The summed E-state index contributed by atoms with van der Waals surface area (Å²) in [5.74, 6) is 0.395. The average Bonchev–Trinajstić information content (AvgIpc) is 3.19. The number of amides is 2. The summed E-state index contributed by atoms with van der Waals surface area (Å²) in [4.78, 5) is 28.6. The van der Waals surface area contributed by atoms with Gasteiger partial charge in [0.25, 0.3) is 0 Å². The first-order valence-corrected chi connectivity index (χ1v) is 8.69. The van der Waals surface area contributed by atoms with Crippen LogP contribution in [0.15, 0.2) is 0 Å². The van der Waals surface area contributed by atoms with Gasteiger partial charge in [-0.05, 0) is 39.2 Å². The Kier molecular flexibility index (Phi) is 4.98. The van der Waals surface area contributed by atoms with Crippen LogP contribution in [-0.4, -0.2) is 72.5 Å². The largest absolute Gasteiger partial charge is 0.352 e. The Morgan fingerprint density at radius 1 is 1.18 bits per heavy atom. The Morgan fingerprint density at radius 3 is 2.50 bits per heavy atom. The molecule has 0 radical (unpaired) electrons. The van der Waals surface area contributed by atoms with Gasteiger partial charge < -0.3 is 15.5 Å². The predicted molar refractivity (Wildman–Crippen MR) is 84.4 cm³/mol. The molecule has 6 nitrogen and oxygen atoms in total. The molecule has 2 amide bonds. The maximum absolute atomic E-state index is 12.3. The lowest BCUT2D eigenvalue weighted by molar-refractivity contribution is -0.134. The highest BCUT2D eigenvalue weighted by molar-refractivity contribution is 5.82. The summed E-state index contributed by atoms with van der Waals surface area (Å²) >= 11 is 0. The van der Waals surface area contributed by atoms with Gasteiger partial charge in [-0.25, -0.2) is 0 Å². The van der Waals surface area contributed by atoms with E-state index in [2.05, 4.69) is 15.5 Å². The van der Waals surface area contributed by atoms with Crippen LogP contribution >= 0.6 is 0 Å². The molecule has 2 saturated heterocycles. The van der Waals surface area contributed by atoms with E-state index in [9.17, 15) is 9.59 Å². The van der Waals surface area contributed by atoms with Crippen molar-refractivity contribution in [3.8, 4) is 0 Å². The molecule has 0 spiro atoms. The number of carbonyl (C=O) groups excluding carboxylic acids is 2. The normalized spacial score (nSPS) is 27.7. The second-order valence-corrected chi connectivity index (χ2v) is 6.87. The number of nitrogens with one attached hydrogen (secondary N) is 2. The molecule has 2 atom stereocenters. The molecule has 2 unspecified atom stereocenters. The summed E-state index contributed by atoms with van der Waals surface area (Å²) in [5.41, 5.74) is 0. The summed E-state index contributed by atoms with van der Waals surface area (Å²) in [6, 6.07) is 0.694. The molecule has 1 aliphatic carbocycles. The number of nitrogens with zero attached hydrogens (tertiary/aromatic N) is 2. The molecule has 124 valence electrons. The van der Waals surface area contributed by atoms with Crippen LogP contribution in [0, 0.1) is 0 Å². The third kappa shape index (κ3) is 3.98. The molecule has 0 aromatic heterocycles. The van der Waals surface area contributed by atoms with Crippen LogP contribution in [0.4, 0.5) is 0 Å². The van der Waals surface area contributed by atoms with Crippen LogP contribution in [0.1, 0.15) is 39.0 Å². The molecule has 3 rings (SSSR count). The van der Waals surface area contributed by atoms with Crippen molar-refractivity contribution < 1.29 is 9.59 Å². The highest BCUT2D eigenvalue weighted by atomic mass is 16.2. The van der Waals surface area contributed by atoms with Gasteiger partial charge in [-0.3, -0.25) is 14.5 Å². The predicted octanol–water partition coefficient (Wildman–Crippen LogP) is -0.0602. The van der Waals surface area contributed by atoms with Crippen LogP contribution in [0.3, 0.4) is 0 Å². The zero-order valence-electron chi connectivity index (χ0n) is 13.5. The molecule has 0 aromatic carbocycles. The zero-order valence-corrected chi connectivity index (χ0v) is 13.5. The molecule has 6 heteroatoms. The van der Waals surface area contributed by atoms with Crippen LogP contribution in [0.2, 0.25) is 0 Å². The molecule has 1 saturated carbocycles. The molecule has 3 aliphatic rings. The van der Waals surface area contributed by atoms with Crippen molar-refractivity contribution >= 4 is 11.8 Å². The van der Waals surface area contributed by atoms with E-state index >= 15 is 0 Å². The number of carbonyl (C=O) groups is 2. The molecular weight excluding hydrogens is 280 g/mol. The van der Waals surface area contributed by atoms with E-state index in [0.29, 0.717) is 18.5 Å². The maximum Gasteiger partial charge on any atom is 0.237 e. The van der Waals surface area contributed by atoms with Gasteiger partial charge in [-0.1, -0.05) is 0 Å². The van der Waals surface area contributed by atoms with E-state index in [1.54, 1.807) is 0 Å². The van der Waals surface area contributed by atoms with E-state index in [0.717, 1.165) is 52.0 Å². The van der Waals surface area contributed by atoms with E-state index in [1.807, 2.05) is 11.8 Å². The number of hydrogen-bond acceptors (Lipinski definition) is 4. The van der Waals surface area contributed by atoms with Gasteiger partial charge in [0.2, 0.25) is 11.8 Å². The number of rotatable bonds is 5. The minimum Gasteiger partial charge on any atom is -0.352 e. The standard InChI is InChI=1S/C16H28N4O2/c1-12(16(22)18-13-4-5-13)19-7-9-20(10-8-19)15(21)11-14-3-2-6-17-14/h12-14,17H,2-11H2,1H3,(H,18,22). The Bertz CT molecular complexity index is 410. The van der Waals surface area contributed by atoms with E-state index in [4.69, 9.17) is 0 Å². The molecule has 3 fully saturated rings. The van der Waals surface area contributed by atoms with E-state index < -0.39 is 0 Å². The van der Waals surface area contributed by atoms with Gasteiger partial charge in [-0.15, -0.1) is 0 Å². The lowest BCUT2D eigenvalue weighted by Gasteiger charge is -2.37. The molecule has 2 heterocycles. The fraction of sp³-hybridized carbons (Fsp3) is 0.875. The number of piperazine rings is 1. The Balaban J connectivity index is 1.40. The first-order chi connectivity index (χ1) is 10.6. The smallest absolute Gasteiger partial charge is 0.237 e. The Labute approximate surface area is 132 Å². The minimum absolute atomic E-state index is 0.0886. The van der Waals surface area contributed by atoms with Gasteiger partial charge in [-0.2, -0.15) is 0 Å². The summed E-state index contributed by atoms with van der Waals surface area (Å²) < 4.78 is 0. The Hall–Kier alpha value is -1.14. The van der Waals surface area contributed by atoms with Crippen molar-refractivity contribution in [2.45, 2.75) is 57.2 Å². The topological polar surface area (TPSA) is 64.7 Å². The summed E-state index contributed by atoms with van der Waals surface area (Å²) in [6.07, 6.45) is 5.16. The van der Waals surface area contributed by atoms with Crippen LogP contribution in [-0.2, 0) is 9.59 Å². The third-order valence-electron chi connectivity index (χ3n) is 5.10. The fourth-order valence-corrected chi connectivity index (χ4v) is 3.34. The average molecular weight is 308 g/mol. The van der Waals surface area contributed by atoms with Crippen molar-refractivity contribution in [2.24, 2.45) is 0 Å². The van der Waals surface area contributed by atoms with Gasteiger partial charge in [0, 0.05) is 44.7 Å². The van der Waals surface area contributed by atoms with Crippen LogP contribution in [0.25, 0.3) is 0 Å². The SMILES string of the molecule is CC(C(=O)NC1CC1)N1CCN(C(=O)CC2CCCN2)CC1. The van der Waals surface area contributed by atoms with Crippen molar-refractivity contribution in [1.82, 2.24) is 20.4 Å². The van der Waals surface area contributed by atoms with E-state index in [1.165, 1.54) is 6.42 Å². The van der Waals surface area contributed by atoms with Gasteiger partial charge >= 0.3 is 0 Å². The van der Waals surface area contributed by atoms with Gasteiger partial charge in [0.1, 0.15) is 0 Å². The second kappa shape index (κ2) is 6.96. The number of hydrogen-bond donors (Lipinski definition) is 2. The van der Waals surface area contributed by atoms with Crippen molar-refractivity contribution in [1.29, 1.82) is 0 Å². The molecule has 22 heavy (non-hydrogen) atoms. The molecule has 0 aromatic rings. The summed E-state index contributed by atoms with van der Waals surface area (Å²) in [5, 5.41) is 6.45. The molecule has 2 N–H and O–H groups in total. The first kappa shape index (κ1) is 15.7. The first-order valence-electron chi connectivity index (χ1n) is 8.69. The Morgan fingerprint density at radius 2 is 1.91 bits per heavy atom. The second-order valence-electron chi connectivity index (χ2n) is 6.87. The zero-order chi connectivity index (χ0) is 15.5. The lowest BCUT2D eigenvalue weighted by Crippen LogP contribution is -2.55. The van der Waals surface area contributed by atoms with Crippen LogP contribution < -0.4 is 10.6 Å². The van der Waals surface area contributed by atoms with Crippen molar-refractivity contribution in [3.05, 3.63) is 0 Å². The van der Waals surface area contributed by atoms with Gasteiger partial charge in [0.05, 0.1) is 6.04 Å². The molecule has 0 bridgehead atoms. The lowest BCUT2D eigenvalue weighted by atomic mass is 10.1. The minimum atomic E-state index is -0.0886. The maximum atomic E-state index is 12.3. The van der Waals surface area contributed by atoms with Gasteiger partial charge in [0.15, 0.2) is 0 Å². The van der Waals surface area contributed by atoms with Crippen molar-refractivity contribution in [2.75, 3.05) is 32.7 Å². The highest BCUT2D eigenvalue weighted by Gasteiger charge is 2.31. The highest BCUT2D eigenvalue weighted by Crippen LogP contribution is 2.19. The fourth-order valence-electron chi connectivity index (χ4n) is 3.34. The van der Waals surface area contributed by atoms with E-state index in [-0.39, 0.29) is 17.9 Å². The molecular formula is C16H28N4O2. The quantitative estimate of drug-likeness (QED) is 0.747.